The molecular formula is C27H32N6O4S2. The number of anilines is 1. The van der Waals surface area contributed by atoms with Crippen molar-refractivity contribution >= 4 is 33.4 Å². The lowest BCUT2D eigenvalue weighted by Gasteiger charge is -2.32. The maximum Gasteiger partial charge on any atom is 0.243 e. The minimum absolute atomic E-state index is 0.124. The number of nitrogens with one attached hydrogen (secondary N) is 2. The molecule has 1 aromatic heterocycles. The highest BCUT2D eigenvalue weighted by molar-refractivity contribution is 8.00. The van der Waals surface area contributed by atoms with Crippen molar-refractivity contribution in [2.75, 3.05) is 37.8 Å². The van der Waals surface area contributed by atoms with Gasteiger partial charge in [0, 0.05) is 50.1 Å². The molecule has 0 saturated carbocycles. The summed E-state index contributed by atoms with van der Waals surface area (Å²) in [5, 5.41) is 17.2. The van der Waals surface area contributed by atoms with Gasteiger partial charge in [-0.2, -0.15) is 4.31 Å². The first-order valence-corrected chi connectivity index (χ1v) is 15.6. The van der Waals surface area contributed by atoms with Crippen LogP contribution in [-0.2, 0) is 10.0 Å². The molecule has 1 aromatic carbocycles. The standard InChI is InChI=1S/C27H32N6O4S2/c1-37-21-8-3-9-22(16-21)39(35,36)32-12-4-6-19(17-32)29-26-28-11-10-23(30-26)25-24(18-5-2-7-20(34)15-18)31-27-33(25)13-14-38-27/h2-3,5,7-11,16,19-20,27,31,34H,4,6,12-15,17H2,1H3,(H,28,29,30)/t19-,20?,27?/m1/s1. The van der Waals surface area contributed by atoms with Crippen LogP contribution >= 0.6 is 11.8 Å². The van der Waals surface area contributed by atoms with Crippen molar-refractivity contribution in [3.05, 3.63) is 71.7 Å². The number of piperidine rings is 1. The number of fused-ring (bicyclic) bond motifs is 1. The van der Waals surface area contributed by atoms with Crippen LogP contribution < -0.4 is 15.4 Å². The fourth-order valence-corrected chi connectivity index (χ4v) is 8.13. The van der Waals surface area contributed by atoms with E-state index in [0.29, 0.717) is 31.2 Å². The molecule has 10 nitrogen and oxygen atoms in total. The van der Waals surface area contributed by atoms with E-state index in [1.165, 1.54) is 11.4 Å². The molecule has 4 aliphatic rings. The minimum atomic E-state index is -3.66. The smallest absolute Gasteiger partial charge is 0.243 e. The van der Waals surface area contributed by atoms with E-state index in [1.54, 1.807) is 36.5 Å². The molecule has 0 radical (unpaired) electrons. The van der Waals surface area contributed by atoms with Crippen molar-refractivity contribution in [3.63, 3.8) is 0 Å². The van der Waals surface area contributed by atoms with Crippen LogP contribution in [0.5, 0.6) is 5.75 Å². The first kappa shape index (κ1) is 26.2. The van der Waals surface area contributed by atoms with Gasteiger partial charge in [-0.3, -0.25) is 0 Å². The van der Waals surface area contributed by atoms with E-state index in [9.17, 15) is 13.5 Å². The number of thioether (sulfide) groups is 1. The topological polar surface area (TPSA) is 120 Å². The maximum absolute atomic E-state index is 13.4. The van der Waals surface area contributed by atoms with Crippen molar-refractivity contribution in [1.29, 1.82) is 0 Å². The molecule has 39 heavy (non-hydrogen) atoms. The molecule has 2 aromatic rings. The summed E-state index contributed by atoms with van der Waals surface area (Å²) in [5.41, 5.74) is 3.98. The molecule has 206 valence electrons. The molecule has 2 saturated heterocycles. The largest absolute Gasteiger partial charge is 0.497 e. The van der Waals surface area contributed by atoms with Gasteiger partial charge in [0.25, 0.3) is 0 Å². The van der Waals surface area contributed by atoms with Crippen LogP contribution in [0.25, 0.3) is 5.70 Å². The molecule has 6 rings (SSSR count). The van der Waals surface area contributed by atoms with E-state index in [0.717, 1.165) is 47.8 Å². The number of benzene rings is 1. The van der Waals surface area contributed by atoms with E-state index in [-0.39, 0.29) is 16.4 Å². The van der Waals surface area contributed by atoms with Gasteiger partial charge in [0.15, 0.2) is 0 Å². The van der Waals surface area contributed by atoms with E-state index >= 15 is 0 Å². The van der Waals surface area contributed by atoms with Gasteiger partial charge in [-0.05, 0) is 36.6 Å². The number of rotatable bonds is 7. The number of hydrogen-bond donors (Lipinski definition) is 3. The molecule has 2 unspecified atom stereocenters. The first-order valence-electron chi connectivity index (χ1n) is 13.1. The Kier molecular flexibility index (Phi) is 7.27. The number of hydrogen-bond acceptors (Lipinski definition) is 10. The normalized spacial score (nSPS) is 25.3. The monoisotopic (exact) mass is 568 g/mol. The molecule has 0 amide bonds. The summed E-state index contributed by atoms with van der Waals surface area (Å²) in [6, 6.07) is 8.36. The molecule has 0 spiro atoms. The van der Waals surface area contributed by atoms with Crippen molar-refractivity contribution in [2.45, 2.75) is 41.8 Å². The van der Waals surface area contributed by atoms with Gasteiger partial charge in [-0.25, -0.2) is 18.4 Å². The molecule has 1 aliphatic carbocycles. The van der Waals surface area contributed by atoms with Crippen molar-refractivity contribution in [3.8, 4) is 5.75 Å². The molecule has 2 fully saturated rings. The summed E-state index contributed by atoms with van der Waals surface area (Å²) in [6.45, 7) is 1.69. The molecule has 3 aliphatic heterocycles. The minimum Gasteiger partial charge on any atom is -0.497 e. The summed E-state index contributed by atoms with van der Waals surface area (Å²) >= 11 is 1.85. The van der Waals surface area contributed by atoms with Crippen LogP contribution in [0.4, 0.5) is 5.95 Å². The fraction of sp³-hybridized carbons (Fsp3) is 0.407. The number of aliphatic hydroxyl groups is 1. The summed E-state index contributed by atoms with van der Waals surface area (Å²) in [6.07, 6.45) is 9.06. The van der Waals surface area contributed by atoms with Crippen LogP contribution in [0, 0.1) is 0 Å². The number of aromatic nitrogens is 2. The molecule has 4 heterocycles. The zero-order chi connectivity index (χ0) is 27.0. The van der Waals surface area contributed by atoms with E-state index in [4.69, 9.17) is 9.72 Å². The Morgan fingerprint density at radius 3 is 3.00 bits per heavy atom. The number of sulfonamides is 1. The Morgan fingerprint density at radius 2 is 2.15 bits per heavy atom. The predicted molar refractivity (Wildman–Crippen MR) is 151 cm³/mol. The van der Waals surface area contributed by atoms with Crippen LogP contribution in [0.15, 0.2) is 70.9 Å². The van der Waals surface area contributed by atoms with Gasteiger partial charge >= 0.3 is 0 Å². The van der Waals surface area contributed by atoms with Gasteiger partial charge < -0.3 is 25.4 Å². The van der Waals surface area contributed by atoms with Crippen molar-refractivity contribution in [1.82, 2.24) is 24.5 Å². The number of nitrogens with zero attached hydrogens (tertiary/aromatic N) is 4. The summed E-state index contributed by atoms with van der Waals surface area (Å²) < 4.78 is 33.5. The second kappa shape index (κ2) is 10.8. The van der Waals surface area contributed by atoms with Crippen LogP contribution in [-0.4, -0.2) is 82.8 Å². The number of aliphatic hydroxyl groups excluding tert-OH is 1. The lowest BCUT2D eigenvalue weighted by Crippen LogP contribution is -2.45. The summed E-state index contributed by atoms with van der Waals surface area (Å²) in [7, 11) is -2.14. The maximum atomic E-state index is 13.4. The van der Waals surface area contributed by atoms with Gasteiger partial charge in [-0.15, -0.1) is 11.8 Å². The van der Waals surface area contributed by atoms with Gasteiger partial charge in [0.1, 0.15) is 11.2 Å². The number of ether oxygens (including phenoxy) is 1. The third-order valence-electron chi connectivity index (χ3n) is 7.36. The zero-order valence-electron chi connectivity index (χ0n) is 21.7. The quantitative estimate of drug-likeness (QED) is 0.460. The van der Waals surface area contributed by atoms with E-state index < -0.39 is 16.1 Å². The number of allylic oxidation sites excluding steroid dienone is 3. The predicted octanol–water partition coefficient (Wildman–Crippen LogP) is 2.60. The average Bonchev–Trinajstić information content (AvgIpc) is 3.55. The fourth-order valence-electron chi connectivity index (χ4n) is 5.45. The summed E-state index contributed by atoms with van der Waals surface area (Å²) in [4.78, 5) is 11.9. The lowest BCUT2D eigenvalue weighted by atomic mass is 9.98. The molecule has 0 bridgehead atoms. The second-order valence-corrected chi connectivity index (χ2v) is 13.0. The van der Waals surface area contributed by atoms with Gasteiger partial charge in [0.2, 0.25) is 16.0 Å². The lowest BCUT2D eigenvalue weighted by molar-refractivity contribution is 0.222. The van der Waals surface area contributed by atoms with Crippen LogP contribution in [0.3, 0.4) is 0 Å². The second-order valence-electron chi connectivity index (χ2n) is 9.92. The molecular weight excluding hydrogens is 536 g/mol. The van der Waals surface area contributed by atoms with Gasteiger partial charge in [0.05, 0.1) is 35.2 Å². The Bertz CT molecular complexity index is 1440. The summed E-state index contributed by atoms with van der Waals surface area (Å²) in [5.74, 6) is 2.00. The average molecular weight is 569 g/mol. The highest BCUT2D eigenvalue weighted by atomic mass is 32.2. The molecule has 3 N–H and O–H groups in total. The van der Waals surface area contributed by atoms with Crippen molar-refractivity contribution in [2.24, 2.45) is 0 Å². The van der Waals surface area contributed by atoms with Crippen LogP contribution in [0.1, 0.15) is 25.0 Å². The Balaban J connectivity index is 1.23. The Morgan fingerprint density at radius 1 is 1.26 bits per heavy atom. The van der Waals surface area contributed by atoms with Gasteiger partial charge in [-0.1, -0.05) is 24.3 Å². The highest BCUT2D eigenvalue weighted by Gasteiger charge is 2.38. The highest BCUT2D eigenvalue weighted by Crippen LogP contribution is 2.41. The first-order chi connectivity index (χ1) is 18.9. The molecule has 12 heteroatoms. The number of methoxy groups -OCH3 is 1. The zero-order valence-corrected chi connectivity index (χ0v) is 23.3. The Labute approximate surface area is 232 Å². The van der Waals surface area contributed by atoms with Crippen molar-refractivity contribution < 1.29 is 18.3 Å². The van der Waals surface area contributed by atoms with Crippen LogP contribution in [0.2, 0.25) is 0 Å². The Hall–Kier alpha value is -3.06. The SMILES string of the molecule is COc1cccc(S(=O)(=O)N2CCC[C@@H](Nc3nccc(C4=C(C5=CC=CC(O)C5)NC5SCCN45)n3)C2)c1. The third kappa shape index (κ3) is 5.25. The third-order valence-corrected chi connectivity index (χ3v) is 10.3. The van der Waals surface area contributed by atoms with E-state index in [2.05, 4.69) is 20.5 Å². The van der Waals surface area contributed by atoms with E-state index in [1.807, 2.05) is 30.0 Å². The molecule has 3 atom stereocenters.